The Kier molecular flexibility index (Phi) is 5.81. The first-order valence-corrected chi connectivity index (χ1v) is 6.68. The maximum Gasteiger partial charge on any atom is 0.220 e. The van der Waals surface area contributed by atoms with Gasteiger partial charge in [0, 0.05) is 25.0 Å². The first-order valence-electron chi connectivity index (χ1n) is 6.68. The molecule has 3 heteroatoms. The van der Waals surface area contributed by atoms with Crippen LogP contribution in [0.2, 0.25) is 0 Å². The van der Waals surface area contributed by atoms with E-state index in [1.54, 1.807) is 0 Å². The highest BCUT2D eigenvalue weighted by atomic mass is 16.1. The molecule has 1 aliphatic rings. The van der Waals surface area contributed by atoms with Crippen molar-refractivity contribution in [3.05, 3.63) is 0 Å². The fraction of sp³-hybridized carbons (Fsp3) is 0.923. The van der Waals surface area contributed by atoms with E-state index in [9.17, 15) is 4.79 Å². The molecule has 3 unspecified atom stereocenters. The van der Waals surface area contributed by atoms with Crippen molar-refractivity contribution in [2.75, 3.05) is 6.54 Å². The van der Waals surface area contributed by atoms with E-state index >= 15 is 0 Å². The van der Waals surface area contributed by atoms with Crippen molar-refractivity contribution in [1.29, 1.82) is 0 Å². The molecule has 0 aromatic heterocycles. The molecule has 1 saturated heterocycles. The lowest BCUT2D eigenvalue weighted by molar-refractivity contribution is -0.122. The minimum Gasteiger partial charge on any atom is -0.355 e. The Balaban J connectivity index is 2.29. The molecule has 1 aliphatic heterocycles. The lowest BCUT2D eigenvalue weighted by Crippen LogP contribution is -2.49. The smallest absolute Gasteiger partial charge is 0.220 e. The Morgan fingerprint density at radius 1 is 1.44 bits per heavy atom. The molecule has 1 fully saturated rings. The molecule has 94 valence electrons. The maximum absolute atomic E-state index is 11.0. The van der Waals surface area contributed by atoms with Crippen LogP contribution in [0.25, 0.3) is 0 Å². The minimum absolute atomic E-state index is 0.202. The zero-order valence-corrected chi connectivity index (χ0v) is 10.9. The van der Waals surface area contributed by atoms with Gasteiger partial charge in [-0.25, -0.2) is 0 Å². The zero-order chi connectivity index (χ0) is 12.0. The summed E-state index contributed by atoms with van der Waals surface area (Å²) in [5.74, 6) is 0.989. The molecule has 1 amide bonds. The highest BCUT2D eigenvalue weighted by Crippen LogP contribution is 2.14. The third-order valence-corrected chi connectivity index (χ3v) is 3.61. The highest BCUT2D eigenvalue weighted by Gasteiger charge is 2.20. The molecule has 1 rings (SSSR count). The average Bonchev–Trinajstić information content (AvgIpc) is 2.30. The number of nitrogens with one attached hydrogen (secondary N) is 2. The van der Waals surface area contributed by atoms with E-state index in [4.69, 9.17) is 0 Å². The molecule has 16 heavy (non-hydrogen) atoms. The topological polar surface area (TPSA) is 41.1 Å². The van der Waals surface area contributed by atoms with Gasteiger partial charge in [0.1, 0.15) is 0 Å². The van der Waals surface area contributed by atoms with Gasteiger partial charge in [0.25, 0.3) is 0 Å². The second kappa shape index (κ2) is 6.89. The molecule has 3 atom stereocenters. The summed E-state index contributed by atoms with van der Waals surface area (Å²) in [5.41, 5.74) is 0. The van der Waals surface area contributed by atoms with Crippen LogP contribution in [0.1, 0.15) is 52.9 Å². The van der Waals surface area contributed by atoms with Crippen molar-refractivity contribution >= 4 is 5.91 Å². The number of hydrogen-bond acceptors (Lipinski definition) is 2. The summed E-state index contributed by atoms with van der Waals surface area (Å²) in [6, 6.07) is 1.08. The van der Waals surface area contributed by atoms with Crippen LogP contribution in [0, 0.1) is 5.92 Å². The van der Waals surface area contributed by atoms with E-state index in [0.29, 0.717) is 18.5 Å². The summed E-state index contributed by atoms with van der Waals surface area (Å²) in [7, 11) is 0. The van der Waals surface area contributed by atoms with Gasteiger partial charge in [-0.3, -0.25) is 4.79 Å². The monoisotopic (exact) mass is 226 g/mol. The van der Waals surface area contributed by atoms with Gasteiger partial charge in [0.05, 0.1) is 0 Å². The Labute approximate surface area is 99.4 Å². The van der Waals surface area contributed by atoms with E-state index in [1.807, 2.05) is 0 Å². The summed E-state index contributed by atoms with van der Waals surface area (Å²) in [4.78, 5) is 11.0. The van der Waals surface area contributed by atoms with Crippen molar-refractivity contribution < 1.29 is 4.79 Å². The average molecular weight is 226 g/mol. The first-order chi connectivity index (χ1) is 7.65. The first kappa shape index (κ1) is 13.5. The number of rotatable bonds is 6. The standard InChI is InChI=1S/C13H26N2O/c1-4-10(3)8-11(5-2)15-12-6-7-13(16)14-9-12/h10-12,15H,4-9H2,1-3H3,(H,14,16). The molecule has 0 aromatic rings. The summed E-state index contributed by atoms with van der Waals surface area (Å²) in [5, 5.41) is 6.60. The number of amides is 1. The molecule has 3 nitrogen and oxygen atoms in total. The quantitative estimate of drug-likeness (QED) is 0.728. The summed E-state index contributed by atoms with van der Waals surface area (Å²) >= 11 is 0. The van der Waals surface area contributed by atoms with Crippen LogP contribution in [-0.2, 0) is 4.79 Å². The number of carbonyl (C=O) groups is 1. The molecule has 0 spiro atoms. The predicted octanol–water partition coefficient (Wildman–Crippen LogP) is 2.07. The molecule has 0 radical (unpaired) electrons. The summed E-state index contributed by atoms with van der Waals surface area (Å²) < 4.78 is 0. The van der Waals surface area contributed by atoms with Gasteiger partial charge >= 0.3 is 0 Å². The molecule has 1 heterocycles. The molecule has 0 saturated carbocycles. The Morgan fingerprint density at radius 2 is 2.19 bits per heavy atom. The number of carbonyl (C=O) groups excluding carboxylic acids is 1. The second-order valence-corrected chi connectivity index (χ2v) is 5.06. The van der Waals surface area contributed by atoms with Crippen molar-refractivity contribution in [2.24, 2.45) is 5.92 Å². The van der Waals surface area contributed by atoms with Crippen LogP contribution in [0.4, 0.5) is 0 Å². The largest absolute Gasteiger partial charge is 0.355 e. The van der Waals surface area contributed by atoms with Gasteiger partial charge in [0.15, 0.2) is 0 Å². The third-order valence-electron chi connectivity index (χ3n) is 3.61. The van der Waals surface area contributed by atoms with Crippen LogP contribution in [0.3, 0.4) is 0 Å². The molecule has 0 bridgehead atoms. The highest BCUT2D eigenvalue weighted by molar-refractivity contribution is 5.76. The summed E-state index contributed by atoms with van der Waals surface area (Å²) in [6.45, 7) is 7.60. The summed E-state index contributed by atoms with van der Waals surface area (Å²) in [6.07, 6.45) is 5.34. The lowest BCUT2D eigenvalue weighted by atomic mass is 9.96. The Bertz CT molecular complexity index is 208. The van der Waals surface area contributed by atoms with Crippen molar-refractivity contribution in [1.82, 2.24) is 10.6 Å². The fourth-order valence-electron chi connectivity index (χ4n) is 2.21. The predicted molar refractivity (Wildman–Crippen MR) is 67.3 cm³/mol. The lowest BCUT2D eigenvalue weighted by Gasteiger charge is -2.29. The molecular formula is C13H26N2O. The maximum atomic E-state index is 11.0. The van der Waals surface area contributed by atoms with Gasteiger partial charge in [-0.1, -0.05) is 27.2 Å². The molecule has 2 N–H and O–H groups in total. The van der Waals surface area contributed by atoms with Crippen molar-refractivity contribution in [3.63, 3.8) is 0 Å². The van der Waals surface area contributed by atoms with Crippen molar-refractivity contribution in [2.45, 2.75) is 65.0 Å². The Hall–Kier alpha value is -0.570. The van der Waals surface area contributed by atoms with Crippen LogP contribution < -0.4 is 10.6 Å². The van der Waals surface area contributed by atoms with Gasteiger partial charge in [-0.2, -0.15) is 0 Å². The second-order valence-electron chi connectivity index (χ2n) is 5.06. The van der Waals surface area contributed by atoms with E-state index in [2.05, 4.69) is 31.4 Å². The van der Waals surface area contributed by atoms with E-state index in [0.717, 1.165) is 18.9 Å². The molecular weight excluding hydrogens is 200 g/mol. The molecule has 0 aromatic carbocycles. The minimum atomic E-state index is 0.202. The van der Waals surface area contributed by atoms with Gasteiger partial charge in [0.2, 0.25) is 5.91 Å². The normalized spacial score (nSPS) is 24.9. The Morgan fingerprint density at radius 3 is 2.69 bits per heavy atom. The van der Waals surface area contributed by atoms with Gasteiger partial charge in [-0.05, 0) is 25.2 Å². The van der Waals surface area contributed by atoms with Crippen LogP contribution in [-0.4, -0.2) is 24.5 Å². The van der Waals surface area contributed by atoms with Crippen LogP contribution >= 0.6 is 0 Å². The molecule has 0 aliphatic carbocycles. The third kappa shape index (κ3) is 4.52. The van der Waals surface area contributed by atoms with E-state index in [1.165, 1.54) is 19.3 Å². The van der Waals surface area contributed by atoms with Crippen LogP contribution in [0.5, 0.6) is 0 Å². The fourth-order valence-corrected chi connectivity index (χ4v) is 2.21. The van der Waals surface area contributed by atoms with Crippen LogP contribution in [0.15, 0.2) is 0 Å². The van der Waals surface area contributed by atoms with Crippen molar-refractivity contribution in [3.8, 4) is 0 Å². The SMILES string of the molecule is CCC(C)CC(CC)NC1CCC(=O)NC1. The van der Waals surface area contributed by atoms with Gasteiger partial charge in [-0.15, -0.1) is 0 Å². The number of hydrogen-bond donors (Lipinski definition) is 2. The van der Waals surface area contributed by atoms with E-state index < -0.39 is 0 Å². The van der Waals surface area contributed by atoms with Gasteiger partial charge < -0.3 is 10.6 Å². The number of piperidine rings is 1. The zero-order valence-electron chi connectivity index (χ0n) is 10.9. The van der Waals surface area contributed by atoms with E-state index in [-0.39, 0.29) is 5.91 Å².